The highest BCUT2D eigenvalue weighted by molar-refractivity contribution is 5.42. The first-order valence-electron chi connectivity index (χ1n) is 8.93. The molecular weight excluding hydrogens is 343 g/mol. The van der Waals surface area contributed by atoms with Gasteiger partial charge in [0.25, 0.3) is 0 Å². The summed E-state index contributed by atoms with van der Waals surface area (Å²) in [4.78, 5) is 13.4. The van der Waals surface area contributed by atoms with Crippen molar-refractivity contribution < 1.29 is 13.2 Å². The first-order chi connectivity index (χ1) is 12.4. The van der Waals surface area contributed by atoms with Gasteiger partial charge in [-0.15, -0.1) is 0 Å². The Labute approximate surface area is 150 Å². The number of hydrogen-bond acceptors (Lipinski definition) is 4. The fraction of sp³-hybridized carbons (Fsp3) is 0.556. The van der Waals surface area contributed by atoms with Crippen molar-refractivity contribution in [3.8, 4) is 0 Å². The highest BCUT2D eigenvalue weighted by atomic mass is 19.4. The molecule has 0 aromatic carbocycles. The van der Waals surface area contributed by atoms with Crippen molar-refractivity contribution >= 4 is 5.82 Å². The molecule has 3 unspecified atom stereocenters. The molecule has 1 saturated heterocycles. The maximum absolute atomic E-state index is 12.9. The van der Waals surface area contributed by atoms with Crippen LogP contribution >= 0.6 is 0 Å². The zero-order valence-corrected chi connectivity index (χ0v) is 14.6. The number of fused-ring (bicyclic) bond motifs is 1. The first kappa shape index (κ1) is 17.3. The van der Waals surface area contributed by atoms with Crippen LogP contribution in [0.4, 0.5) is 19.0 Å². The summed E-state index contributed by atoms with van der Waals surface area (Å²) in [5.41, 5.74) is 0.212. The summed E-state index contributed by atoms with van der Waals surface area (Å²) in [5.74, 6) is 2.28. The van der Waals surface area contributed by atoms with Crippen molar-refractivity contribution in [1.29, 1.82) is 0 Å². The summed E-state index contributed by atoms with van der Waals surface area (Å²) in [7, 11) is 0. The molecule has 0 bridgehead atoms. The second-order valence-electron chi connectivity index (χ2n) is 7.29. The number of pyridine rings is 1. The van der Waals surface area contributed by atoms with Gasteiger partial charge in [-0.2, -0.15) is 13.2 Å². The average Bonchev–Trinajstić information content (AvgIpc) is 3.28. The Morgan fingerprint density at radius 2 is 2.12 bits per heavy atom. The molecule has 2 aromatic rings. The standard InChI is InChI=1S/C18H22F3N5/c1-11-7-23-16(24-11)8-22-14-6-5-12-9-26(10-13(12)14)17-4-2-3-15(25-17)18(19,20)21/h2-4,7,12-14,22H,5-6,8-10H2,1H3,(H,23,24). The smallest absolute Gasteiger partial charge is 0.356 e. The second kappa shape index (κ2) is 6.57. The molecule has 0 amide bonds. The molecule has 5 nitrogen and oxygen atoms in total. The van der Waals surface area contributed by atoms with Gasteiger partial charge in [-0.05, 0) is 43.7 Å². The molecule has 140 valence electrons. The van der Waals surface area contributed by atoms with E-state index in [4.69, 9.17) is 0 Å². The van der Waals surface area contributed by atoms with E-state index in [9.17, 15) is 13.2 Å². The number of H-pyrrole nitrogens is 1. The molecule has 8 heteroatoms. The van der Waals surface area contributed by atoms with Crippen LogP contribution in [0.15, 0.2) is 24.4 Å². The summed E-state index contributed by atoms with van der Waals surface area (Å²) in [5, 5.41) is 3.57. The molecule has 3 heterocycles. The number of aromatic nitrogens is 3. The third-order valence-corrected chi connectivity index (χ3v) is 5.49. The highest BCUT2D eigenvalue weighted by Gasteiger charge is 2.43. The molecule has 4 rings (SSSR count). The Bertz CT molecular complexity index is 772. The van der Waals surface area contributed by atoms with E-state index in [1.54, 1.807) is 6.07 Å². The number of alkyl halides is 3. The number of anilines is 1. The largest absolute Gasteiger partial charge is 0.433 e. The van der Waals surface area contributed by atoms with Crippen molar-refractivity contribution in [2.75, 3.05) is 18.0 Å². The molecular formula is C18H22F3N5. The predicted octanol–water partition coefficient (Wildman–Crippen LogP) is 3.14. The lowest BCUT2D eigenvalue weighted by molar-refractivity contribution is -0.141. The van der Waals surface area contributed by atoms with Crippen LogP contribution < -0.4 is 10.2 Å². The van der Waals surface area contributed by atoms with Crippen LogP contribution in [0.3, 0.4) is 0 Å². The van der Waals surface area contributed by atoms with E-state index < -0.39 is 11.9 Å². The van der Waals surface area contributed by atoms with Crippen LogP contribution in [-0.4, -0.2) is 34.1 Å². The lowest BCUT2D eigenvalue weighted by Crippen LogP contribution is -2.35. The topological polar surface area (TPSA) is 56.8 Å². The van der Waals surface area contributed by atoms with E-state index >= 15 is 0 Å². The van der Waals surface area contributed by atoms with Gasteiger partial charge in [0.1, 0.15) is 17.3 Å². The first-order valence-corrected chi connectivity index (χ1v) is 8.93. The van der Waals surface area contributed by atoms with Gasteiger partial charge in [0.2, 0.25) is 0 Å². The minimum absolute atomic E-state index is 0.362. The Morgan fingerprint density at radius 1 is 1.27 bits per heavy atom. The van der Waals surface area contributed by atoms with Gasteiger partial charge in [-0.1, -0.05) is 6.07 Å². The molecule has 1 saturated carbocycles. The normalized spacial score (nSPS) is 25.7. The quantitative estimate of drug-likeness (QED) is 0.874. The van der Waals surface area contributed by atoms with Gasteiger partial charge in [-0.25, -0.2) is 9.97 Å². The van der Waals surface area contributed by atoms with Crippen molar-refractivity contribution in [3.05, 3.63) is 41.6 Å². The second-order valence-corrected chi connectivity index (χ2v) is 7.29. The molecule has 0 radical (unpaired) electrons. The zero-order valence-electron chi connectivity index (χ0n) is 14.6. The number of nitrogens with one attached hydrogen (secondary N) is 2. The van der Waals surface area contributed by atoms with Gasteiger partial charge in [0, 0.05) is 31.0 Å². The SMILES string of the molecule is Cc1cnc(CNC2CCC3CN(c4cccc(C(F)(F)F)n4)CC32)[nH]1. The molecule has 1 aliphatic carbocycles. The number of nitrogens with zero attached hydrogens (tertiary/aromatic N) is 3. The van der Waals surface area contributed by atoms with E-state index in [1.807, 2.05) is 18.0 Å². The van der Waals surface area contributed by atoms with Crippen LogP contribution in [0.5, 0.6) is 0 Å². The van der Waals surface area contributed by atoms with Gasteiger partial charge in [0.15, 0.2) is 0 Å². The number of imidazole rings is 1. The van der Waals surface area contributed by atoms with Crippen LogP contribution in [0.2, 0.25) is 0 Å². The third kappa shape index (κ3) is 3.42. The Hall–Kier alpha value is -2.09. The Balaban J connectivity index is 1.41. The van der Waals surface area contributed by atoms with Crippen LogP contribution in [-0.2, 0) is 12.7 Å². The summed E-state index contributed by atoms with van der Waals surface area (Å²) < 4.78 is 38.7. The number of hydrogen-bond donors (Lipinski definition) is 2. The summed E-state index contributed by atoms with van der Waals surface area (Å²) in [6.07, 6.45) is -0.407. The number of rotatable bonds is 4. The summed E-state index contributed by atoms with van der Waals surface area (Å²) in [6, 6.07) is 4.50. The summed E-state index contributed by atoms with van der Waals surface area (Å²) >= 11 is 0. The molecule has 0 spiro atoms. The highest BCUT2D eigenvalue weighted by Crippen LogP contribution is 2.40. The van der Waals surface area contributed by atoms with Crippen molar-refractivity contribution in [2.45, 2.75) is 38.5 Å². The fourth-order valence-electron chi connectivity index (χ4n) is 4.25. The number of halogens is 3. The van der Waals surface area contributed by atoms with E-state index in [2.05, 4.69) is 20.3 Å². The van der Waals surface area contributed by atoms with Crippen LogP contribution in [0, 0.1) is 18.8 Å². The van der Waals surface area contributed by atoms with E-state index in [-0.39, 0.29) is 0 Å². The van der Waals surface area contributed by atoms with E-state index in [0.29, 0.717) is 30.2 Å². The van der Waals surface area contributed by atoms with Crippen molar-refractivity contribution in [3.63, 3.8) is 0 Å². The van der Waals surface area contributed by atoms with E-state index in [0.717, 1.165) is 43.5 Å². The Kier molecular flexibility index (Phi) is 4.38. The zero-order chi connectivity index (χ0) is 18.3. The monoisotopic (exact) mass is 365 g/mol. The summed E-state index contributed by atoms with van der Waals surface area (Å²) in [6.45, 7) is 4.17. The minimum Gasteiger partial charge on any atom is -0.356 e. The molecule has 26 heavy (non-hydrogen) atoms. The van der Waals surface area contributed by atoms with Crippen LogP contribution in [0.1, 0.15) is 30.1 Å². The minimum atomic E-state index is -4.41. The fourth-order valence-corrected chi connectivity index (χ4v) is 4.25. The van der Waals surface area contributed by atoms with Crippen molar-refractivity contribution in [2.24, 2.45) is 11.8 Å². The maximum Gasteiger partial charge on any atom is 0.433 e. The molecule has 2 fully saturated rings. The molecule has 2 aromatic heterocycles. The van der Waals surface area contributed by atoms with E-state index in [1.165, 1.54) is 6.07 Å². The van der Waals surface area contributed by atoms with Crippen LogP contribution in [0.25, 0.3) is 0 Å². The molecule has 1 aliphatic heterocycles. The predicted molar refractivity (Wildman–Crippen MR) is 91.6 cm³/mol. The number of aryl methyl sites for hydroxylation is 1. The Morgan fingerprint density at radius 3 is 2.85 bits per heavy atom. The maximum atomic E-state index is 12.9. The van der Waals surface area contributed by atoms with Gasteiger partial charge < -0.3 is 15.2 Å². The molecule has 2 N–H and O–H groups in total. The van der Waals surface area contributed by atoms with Gasteiger partial charge in [0.05, 0.1) is 6.54 Å². The number of aromatic amines is 1. The average molecular weight is 365 g/mol. The third-order valence-electron chi connectivity index (χ3n) is 5.49. The van der Waals surface area contributed by atoms with Crippen molar-refractivity contribution in [1.82, 2.24) is 20.3 Å². The molecule has 3 atom stereocenters. The van der Waals surface area contributed by atoms with Gasteiger partial charge in [-0.3, -0.25) is 0 Å². The molecule has 2 aliphatic rings. The van der Waals surface area contributed by atoms with Gasteiger partial charge >= 0.3 is 6.18 Å². The lowest BCUT2D eigenvalue weighted by Gasteiger charge is -2.22. The lowest BCUT2D eigenvalue weighted by atomic mass is 9.98.